The SMILES string of the molecule is CCOC(=O)C[C@H](N)c1ccc(OC)cc1. The maximum absolute atomic E-state index is 11.2. The zero-order valence-corrected chi connectivity index (χ0v) is 9.60. The molecule has 0 saturated carbocycles. The minimum atomic E-state index is -0.329. The summed E-state index contributed by atoms with van der Waals surface area (Å²) in [5.41, 5.74) is 6.77. The standard InChI is InChI=1S/C12H17NO3/c1-3-16-12(14)8-11(13)9-4-6-10(15-2)7-5-9/h4-7,11H,3,8,13H2,1-2H3/t11-/m0/s1. The van der Waals surface area contributed by atoms with E-state index in [4.69, 9.17) is 15.2 Å². The first-order valence-electron chi connectivity index (χ1n) is 5.22. The van der Waals surface area contributed by atoms with Gasteiger partial charge in [-0.2, -0.15) is 0 Å². The molecule has 0 saturated heterocycles. The van der Waals surface area contributed by atoms with Gasteiger partial charge in [0.15, 0.2) is 0 Å². The van der Waals surface area contributed by atoms with Crippen LogP contribution >= 0.6 is 0 Å². The van der Waals surface area contributed by atoms with Crippen molar-refractivity contribution in [2.24, 2.45) is 5.73 Å². The molecule has 1 aromatic carbocycles. The molecule has 0 heterocycles. The predicted octanol–water partition coefficient (Wildman–Crippen LogP) is 1.65. The number of carbonyl (C=O) groups excluding carboxylic acids is 1. The number of ether oxygens (including phenoxy) is 2. The van der Waals surface area contributed by atoms with E-state index in [1.165, 1.54) is 0 Å². The lowest BCUT2D eigenvalue weighted by Crippen LogP contribution is -2.17. The molecule has 0 spiro atoms. The number of hydrogen-bond donors (Lipinski definition) is 1. The molecule has 0 radical (unpaired) electrons. The molecule has 4 heteroatoms. The van der Waals surface area contributed by atoms with Crippen LogP contribution in [-0.4, -0.2) is 19.7 Å². The summed E-state index contributed by atoms with van der Waals surface area (Å²) in [7, 11) is 1.60. The summed E-state index contributed by atoms with van der Waals surface area (Å²) in [6.45, 7) is 2.16. The van der Waals surface area contributed by atoms with Crippen molar-refractivity contribution in [2.75, 3.05) is 13.7 Å². The zero-order chi connectivity index (χ0) is 12.0. The van der Waals surface area contributed by atoms with Crippen molar-refractivity contribution in [3.8, 4) is 5.75 Å². The Kier molecular flexibility index (Phi) is 4.79. The van der Waals surface area contributed by atoms with Crippen LogP contribution in [0.2, 0.25) is 0 Å². The van der Waals surface area contributed by atoms with E-state index in [1.54, 1.807) is 14.0 Å². The third-order valence-electron chi connectivity index (χ3n) is 2.24. The van der Waals surface area contributed by atoms with Gasteiger partial charge in [0, 0.05) is 6.04 Å². The van der Waals surface area contributed by atoms with E-state index in [-0.39, 0.29) is 18.4 Å². The normalized spacial score (nSPS) is 11.9. The maximum Gasteiger partial charge on any atom is 0.307 e. The van der Waals surface area contributed by atoms with Gasteiger partial charge in [0.1, 0.15) is 5.75 Å². The molecule has 1 atom stereocenters. The van der Waals surface area contributed by atoms with Crippen LogP contribution in [-0.2, 0) is 9.53 Å². The van der Waals surface area contributed by atoms with Crippen LogP contribution in [0.25, 0.3) is 0 Å². The Hall–Kier alpha value is -1.55. The van der Waals surface area contributed by atoms with Crippen molar-refractivity contribution >= 4 is 5.97 Å². The summed E-state index contributed by atoms with van der Waals surface area (Å²) in [6, 6.07) is 7.01. The predicted molar refractivity (Wildman–Crippen MR) is 61.2 cm³/mol. The van der Waals surface area contributed by atoms with Gasteiger partial charge in [-0.15, -0.1) is 0 Å². The minimum Gasteiger partial charge on any atom is -0.497 e. The molecule has 0 aromatic heterocycles. The topological polar surface area (TPSA) is 61.5 Å². The Morgan fingerprint density at radius 3 is 2.50 bits per heavy atom. The molecular formula is C12H17NO3. The highest BCUT2D eigenvalue weighted by molar-refractivity contribution is 5.70. The van der Waals surface area contributed by atoms with Gasteiger partial charge in [-0.1, -0.05) is 12.1 Å². The summed E-state index contributed by atoms with van der Waals surface area (Å²) in [4.78, 5) is 11.2. The molecule has 1 rings (SSSR count). The zero-order valence-electron chi connectivity index (χ0n) is 9.60. The van der Waals surface area contributed by atoms with Crippen LogP contribution < -0.4 is 10.5 Å². The van der Waals surface area contributed by atoms with Gasteiger partial charge in [0.2, 0.25) is 0 Å². The smallest absolute Gasteiger partial charge is 0.307 e. The van der Waals surface area contributed by atoms with Crippen molar-refractivity contribution in [1.29, 1.82) is 0 Å². The average Bonchev–Trinajstić information content (AvgIpc) is 2.29. The first kappa shape index (κ1) is 12.5. The number of methoxy groups -OCH3 is 1. The van der Waals surface area contributed by atoms with Crippen molar-refractivity contribution in [3.05, 3.63) is 29.8 Å². The number of rotatable bonds is 5. The number of hydrogen-bond acceptors (Lipinski definition) is 4. The highest BCUT2D eigenvalue weighted by Crippen LogP contribution is 2.18. The lowest BCUT2D eigenvalue weighted by Gasteiger charge is -2.11. The molecule has 0 fully saturated rings. The van der Waals surface area contributed by atoms with Gasteiger partial charge in [-0.25, -0.2) is 0 Å². The first-order valence-corrected chi connectivity index (χ1v) is 5.22. The minimum absolute atomic E-state index is 0.195. The molecule has 0 unspecified atom stereocenters. The Bertz CT molecular complexity index is 335. The highest BCUT2D eigenvalue weighted by atomic mass is 16.5. The number of carbonyl (C=O) groups is 1. The van der Waals surface area contributed by atoms with Crippen LogP contribution in [0.15, 0.2) is 24.3 Å². The van der Waals surface area contributed by atoms with Gasteiger partial charge in [-0.3, -0.25) is 4.79 Å². The number of benzene rings is 1. The van der Waals surface area contributed by atoms with Crippen LogP contribution in [0.5, 0.6) is 5.75 Å². The Morgan fingerprint density at radius 1 is 1.38 bits per heavy atom. The quantitative estimate of drug-likeness (QED) is 0.771. The van der Waals surface area contributed by atoms with Crippen LogP contribution in [0, 0.1) is 0 Å². The molecule has 0 aliphatic heterocycles. The second-order valence-electron chi connectivity index (χ2n) is 3.39. The third-order valence-corrected chi connectivity index (χ3v) is 2.24. The lowest BCUT2D eigenvalue weighted by molar-refractivity contribution is -0.143. The van der Waals surface area contributed by atoms with E-state index in [2.05, 4.69) is 0 Å². The first-order chi connectivity index (χ1) is 7.67. The maximum atomic E-state index is 11.2. The van der Waals surface area contributed by atoms with E-state index in [0.29, 0.717) is 6.61 Å². The average molecular weight is 223 g/mol. The van der Waals surface area contributed by atoms with Gasteiger partial charge < -0.3 is 15.2 Å². The van der Waals surface area contributed by atoms with Gasteiger partial charge in [-0.05, 0) is 24.6 Å². The molecule has 88 valence electrons. The molecular weight excluding hydrogens is 206 g/mol. The summed E-state index contributed by atoms with van der Waals surface area (Å²) in [6.07, 6.45) is 0.195. The Labute approximate surface area is 95.3 Å². The lowest BCUT2D eigenvalue weighted by atomic mass is 10.0. The molecule has 1 aromatic rings. The summed E-state index contributed by atoms with van der Waals surface area (Å²) in [5, 5.41) is 0. The van der Waals surface area contributed by atoms with E-state index in [9.17, 15) is 4.79 Å². The highest BCUT2D eigenvalue weighted by Gasteiger charge is 2.12. The van der Waals surface area contributed by atoms with E-state index < -0.39 is 0 Å². The Morgan fingerprint density at radius 2 is 2.00 bits per heavy atom. The van der Waals surface area contributed by atoms with E-state index >= 15 is 0 Å². The summed E-state index contributed by atoms with van der Waals surface area (Å²) in [5.74, 6) is 0.498. The molecule has 0 aliphatic carbocycles. The molecule has 2 N–H and O–H groups in total. The molecule has 0 amide bonds. The van der Waals surface area contributed by atoms with Gasteiger partial charge >= 0.3 is 5.97 Å². The fourth-order valence-corrected chi connectivity index (χ4v) is 1.37. The molecule has 4 nitrogen and oxygen atoms in total. The molecule has 0 bridgehead atoms. The second kappa shape index (κ2) is 6.12. The Balaban J connectivity index is 2.58. The molecule has 0 aliphatic rings. The summed E-state index contributed by atoms with van der Waals surface area (Å²) < 4.78 is 9.87. The van der Waals surface area contributed by atoms with Crippen LogP contribution in [0.3, 0.4) is 0 Å². The fourth-order valence-electron chi connectivity index (χ4n) is 1.37. The van der Waals surface area contributed by atoms with Crippen molar-refractivity contribution < 1.29 is 14.3 Å². The third kappa shape index (κ3) is 3.55. The molecule has 16 heavy (non-hydrogen) atoms. The van der Waals surface area contributed by atoms with Crippen molar-refractivity contribution in [3.63, 3.8) is 0 Å². The van der Waals surface area contributed by atoms with Gasteiger partial charge in [0.05, 0.1) is 20.1 Å². The van der Waals surface area contributed by atoms with Crippen LogP contribution in [0.4, 0.5) is 0 Å². The van der Waals surface area contributed by atoms with Crippen molar-refractivity contribution in [1.82, 2.24) is 0 Å². The summed E-state index contributed by atoms with van der Waals surface area (Å²) >= 11 is 0. The monoisotopic (exact) mass is 223 g/mol. The fraction of sp³-hybridized carbons (Fsp3) is 0.417. The van der Waals surface area contributed by atoms with Gasteiger partial charge in [0.25, 0.3) is 0 Å². The van der Waals surface area contributed by atoms with E-state index in [0.717, 1.165) is 11.3 Å². The number of esters is 1. The van der Waals surface area contributed by atoms with Crippen LogP contribution in [0.1, 0.15) is 24.9 Å². The van der Waals surface area contributed by atoms with E-state index in [1.807, 2.05) is 24.3 Å². The second-order valence-corrected chi connectivity index (χ2v) is 3.39. The van der Waals surface area contributed by atoms with Crippen molar-refractivity contribution in [2.45, 2.75) is 19.4 Å². The number of nitrogens with two attached hydrogens (primary N) is 1. The largest absolute Gasteiger partial charge is 0.497 e.